The lowest BCUT2D eigenvalue weighted by atomic mass is 10.0. The van der Waals surface area contributed by atoms with Gasteiger partial charge in [-0.2, -0.15) is 9.90 Å². The van der Waals surface area contributed by atoms with E-state index in [-0.39, 0.29) is 12.5 Å². The van der Waals surface area contributed by atoms with Crippen molar-refractivity contribution in [3.8, 4) is 22.5 Å². The molecule has 7 heteroatoms. The van der Waals surface area contributed by atoms with Crippen LogP contribution >= 0.6 is 0 Å². The number of hydrazone groups is 1. The van der Waals surface area contributed by atoms with E-state index in [1.807, 2.05) is 79.7 Å². The zero-order chi connectivity index (χ0) is 20.8. The van der Waals surface area contributed by atoms with E-state index in [9.17, 15) is 4.79 Å². The van der Waals surface area contributed by atoms with Crippen molar-refractivity contribution in [3.05, 3.63) is 90.5 Å². The molecule has 1 heterocycles. The minimum Gasteiger partial charge on any atom is -0.271 e. The zero-order valence-electron chi connectivity index (χ0n) is 16.4. The summed E-state index contributed by atoms with van der Waals surface area (Å²) in [6.45, 7) is 1.78. The van der Waals surface area contributed by atoms with Crippen molar-refractivity contribution in [1.82, 2.24) is 25.6 Å². The second-order valence-corrected chi connectivity index (χ2v) is 6.69. The Hall–Kier alpha value is -4.13. The molecule has 4 rings (SSSR count). The van der Waals surface area contributed by atoms with Gasteiger partial charge in [-0.05, 0) is 28.8 Å². The molecule has 0 spiro atoms. The van der Waals surface area contributed by atoms with Crippen LogP contribution in [0.2, 0.25) is 0 Å². The van der Waals surface area contributed by atoms with Crippen molar-refractivity contribution in [3.63, 3.8) is 0 Å². The first kappa shape index (κ1) is 19.2. The van der Waals surface area contributed by atoms with E-state index < -0.39 is 0 Å². The van der Waals surface area contributed by atoms with Crippen molar-refractivity contribution in [2.24, 2.45) is 5.10 Å². The molecule has 0 aliphatic rings. The predicted molar refractivity (Wildman–Crippen MR) is 115 cm³/mol. The minimum absolute atomic E-state index is 0.0659. The van der Waals surface area contributed by atoms with E-state index in [0.717, 1.165) is 22.3 Å². The number of nitrogens with zero attached hydrogens (tertiary/aromatic N) is 5. The first-order chi connectivity index (χ1) is 14.7. The Kier molecular flexibility index (Phi) is 5.70. The number of hydrogen-bond donors (Lipinski definition) is 1. The Morgan fingerprint density at radius 2 is 1.47 bits per heavy atom. The van der Waals surface area contributed by atoms with Crippen molar-refractivity contribution < 1.29 is 4.79 Å². The van der Waals surface area contributed by atoms with Gasteiger partial charge in [-0.25, -0.2) is 5.43 Å². The molecule has 0 unspecified atom stereocenters. The second-order valence-electron chi connectivity index (χ2n) is 6.69. The zero-order valence-corrected chi connectivity index (χ0v) is 16.4. The van der Waals surface area contributed by atoms with Gasteiger partial charge in [0, 0.05) is 5.56 Å². The van der Waals surface area contributed by atoms with E-state index in [4.69, 9.17) is 0 Å². The van der Waals surface area contributed by atoms with Crippen LogP contribution < -0.4 is 5.43 Å². The number of amides is 1. The van der Waals surface area contributed by atoms with Crippen LogP contribution in [-0.2, 0) is 11.3 Å². The summed E-state index contributed by atoms with van der Waals surface area (Å²) in [7, 11) is 0. The molecule has 0 aliphatic carbocycles. The normalized spacial score (nSPS) is 11.3. The third-order valence-corrected chi connectivity index (χ3v) is 4.53. The molecule has 1 N–H and O–H groups in total. The second kappa shape index (κ2) is 8.91. The SMILES string of the molecule is C/C(=N\NC(=O)Cn1nnc(-c2ccccc2)n1)c1ccc(-c2ccccc2)cc1. The molecule has 0 bridgehead atoms. The average Bonchev–Trinajstić information content (AvgIpc) is 3.27. The summed E-state index contributed by atoms with van der Waals surface area (Å²) in [4.78, 5) is 13.4. The van der Waals surface area contributed by atoms with Gasteiger partial charge in [0.2, 0.25) is 5.82 Å². The van der Waals surface area contributed by atoms with Crippen molar-refractivity contribution in [2.45, 2.75) is 13.5 Å². The lowest BCUT2D eigenvalue weighted by molar-refractivity contribution is -0.122. The van der Waals surface area contributed by atoms with Gasteiger partial charge >= 0.3 is 0 Å². The van der Waals surface area contributed by atoms with E-state index in [1.54, 1.807) is 0 Å². The van der Waals surface area contributed by atoms with Gasteiger partial charge in [0.05, 0.1) is 5.71 Å². The van der Waals surface area contributed by atoms with Crippen LogP contribution in [0.25, 0.3) is 22.5 Å². The van der Waals surface area contributed by atoms with E-state index >= 15 is 0 Å². The average molecular weight is 396 g/mol. The number of aromatic nitrogens is 4. The number of tetrazole rings is 1. The van der Waals surface area contributed by atoms with Gasteiger partial charge in [-0.1, -0.05) is 84.9 Å². The summed E-state index contributed by atoms with van der Waals surface area (Å²) in [5.74, 6) is 0.147. The van der Waals surface area contributed by atoms with E-state index in [2.05, 4.69) is 38.1 Å². The van der Waals surface area contributed by atoms with Gasteiger partial charge in [-0.3, -0.25) is 4.79 Å². The first-order valence-corrected chi connectivity index (χ1v) is 9.51. The number of carbonyl (C=O) groups is 1. The predicted octanol–water partition coefficient (Wildman–Crippen LogP) is 3.55. The van der Waals surface area contributed by atoms with Crippen LogP contribution in [0.1, 0.15) is 12.5 Å². The van der Waals surface area contributed by atoms with Crippen LogP contribution in [0.5, 0.6) is 0 Å². The number of benzene rings is 3. The van der Waals surface area contributed by atoms with Crippen LogP contribution in [0, 0.1) is 0 Å². The van der Waals surface area contributed by atoms with Crippen molar-refractivity contribution >= 4 is 11.6 Å². The topological polar surface area (TPSA) is 85.1 Å². The highest BCUT2D eigenvalue weighted by molar-refractivity contribution is 5.99. The Balaban J connectivity index is 1.36. The molecular weight excluding hydrogens is 376 g/mol. The van der Waals surface area contributed by atoms with Gasteiger partial charge in [-0.15, -0.1) is 10.2 Å². The van der Waals surface area contributed by atoms with E-state index in [0.29, 0.717) is 11.5 Å². The maximum atomic E-state index is 12.2. The molecule has 3 aromatic carbocycles. The molecule has 1 amide bonds. The summed E-state index contributed by atoms with van der Waals surface area (Å²) >= 11 is 0. The molecule has 0 fully saturated rings. The summed E-state index contributed by atoms with van der Waals surface area (Å²) in [6, 6.07) is 27.7. The summed E-state index contributed by atoms with van der Waals surface area (Å²) in [5, 5.41) is 16.3. The standard InChI is InChI=1S/C23H20N6O/c1-17(18-12-14-20(15-13-18)19-8-4-2-5-9-19)24-25-22(30)16-29-27-23(26-28-29)21-10-6-3-7-11-21/h2-15H,16H2,1H3,(H,25,30)/b24-17+. The minimum atomic E-state index is -0.327. The molecule has 0 radical (unpaired) electrons. The molecule has 0 atom stereocenters. The van der Waals surface area contributed by atoms with Crippen LogP contribution in [-0.4, -0.2) is 31.8 Å². The number of carbonyl (C=O) groups excluding carboxylic acids is 1. The van der Waals surface area contributed by atoms with Gasteiger partial charge in [0.25, 0.3) is 5.91 Å². The van der Waals surface area contributed by atoms with Gasteiger partial charge in [0.15, 0.2) is 0 Å². The summed E-state index contributed by atoms with van der Waals surface area (Å²) in [6.07, 6.45) is 0. The molecule has 148 valence electrons. The third-order valence-electron chi connectivity index (χ3n) is 4.53. The smallest absolute Gasteiger partial charge is 0.263 e. The molecule has 0 saturated heterocycles. The lowest BCUT2D eigenvalue weighted by Crippen LogP contribution is -2.25. The van der Waals surface area contributed by atoms with Crippen LogP contribution in [0.15, 0.2) is 90.0 Å². The maximum absolute atomic E-state index is 12.2. The molecule has 7 nitrogen and oxygen atoms in total. The molecule has 1 aromatic heterocycles. The highest BCUT2D eigenvalue weighted by Gasteiger charge is 2.09. The Bertz CT molecular complexity index is 1150. The van der Waals surface area contributed by atoms with Gasteiger partial charge in [0.1, 0.15) is 6.54 Å². The van der Waals surface area contributed by atoms with Gasteiger partial charge < -0.3 is 0 Å². The fourth-order valence-electron chi connectivity index (χ4n) is 2.92. The quantitative estimate of drug-likeness (QED) is 0.399. The number of hydrogen-bond acceptors (Lipinski definition) is 5. The van der Waals surface area contributed by atoms with Crippen LogP contribution in [0.3, 0.4) is 0 Å². The highest BCUT2D eigenvalue weighted by atomic mass is 16.2. The molecule has 30 heavy (non-hydrogen) atoms. The van der Waals surface area contributed by atoms with E-state index in [1.165, 1.54) is 4.80 Å². The molecule has 4 aromatic rings. The largest absolute Gasteiger partial charge is 0.271 e. The fraction of sp³-hybridized carbons (Fsp3) is 0.0870. The Labute approximate surface area is 174 Å². The summed E-state index contributed by atoms with van der Waals surface area (Å²) < 4.78 is 0. The fourth-order valence-corrected chi connectivity index (χ4v) is 2.92. The molecule has 0 aliphatic heterocycles. The molecule has 0 saturated carbocycles. The Morgan fingerprint density at radius 1 is 0.867 bits per heavy atom. The third kappa shape index (κ3) is 4.64. The first-order valence-electron chi connectivity index (χ1n) is 9.51. The Morgan fingerprint density at radius 3 is 2.13 bits per heavy atom. The van der Waals surface area contributed by atoms with Crippen LogP contribution in [0.4, 0.5) is 0 Å². The maximum Gasteiger partial charge on any atom is 0.263 e. The monoisotopic (exact) mass is 396 g/mol. The molecular formula is C23H20N6O. The number of rotatable bonds is 6. The van der Waals surface area contributed by atoms with Crippen molar-refractivity contribution in [1.29, 1.82) is 0 Å². The highest BCUT2D eigenvalue weighted by Crippen LogP contribution is 2.19. The summed E-state index contributed by atoms with van der Waals surface area (Å²) in [5.41, 5.74) is 7.31. The van der Waals surface area contributed by atoms with Crippen molar-refractivity contribution in [2.75, 3.05) is 0 Å². The number of nitrogens with one attached hydrogen (secondary N) is 1. The lowest BCUT2D eigenvalue weighted by Gasteiger charge is -2.05.